The Morgan fingerprint density at radius 2 is 1.00 bits per heavy atom. The molecule has 0 heterocycles. The first-order valence-electron chi connectivity index (χ1n) is 1.64. The summed E-state index contributed by atoms with van der Waals surface area (Å²) >= 11 is -6.58. The Hall–Kier alpha value is 1.96. The van der Waals surface area contributed by atoms with Gasteiger partial charge in [0.2, 0.25) is 0 Å². The fraction of sp³-hybridized carbons (Fsp3) is 0. The Morgan fingerprint density at radius 3 is 1.00 bits per heavy atom. The summed E-state index contributed by atoms with van der Waals surface area (Å²) in [7, 11) is 0. The quantitative estimate of drug-likeness (QED) is 0.324. The topological polar surface area (TPSA) is 132 Å². The normalized spacial score (nSPS) is 3.82. The van der Waals surface area contributed by atoms with Gasteiger partial charge in [0.1, 0.15) is 0 Å². The zero-order valence-corrected chi connectivity index (χ0v) is 8.54. The van der Waals surface area contributed by atoms with Crippen LogP contribution in [0, 0.1) is 0 Å². The Kier molecular flexibility index (Phi) is 62.3. The molecule has 0 bridgehead atoms. The third-order valence-electron chi connectivity index (χ3n) is 0. The molecule has 4 N–H and O–H groups in total. The zero-order chi connectivity index (χ0) is 8.99. The molecule has 0 spiro atoms. The molecular formula is H6Al2CaO7Ti. The Bertz CT molecular complexity index is 84.4. The molecule has 0 rings (SSSR count). The van der Waals surface area contributed by atoms with Gasteiger partial charge in [-0.15, -0.1) is 0 Å². The average molecular weight is 260 g/mol. The van der Waals surface area contributed by atoms with E-state index >= 15 is 0 Å². The van der Waals surface area contributed by atoms with Gasteiger partial charge in [0, 0.05) is 0 Å². The Morgan fingerprint density at radius 1 is 1.00 bits per heavy atom. The molecule has 0 saturated heterocycles. The molecule has 0 radical (unpaired) electrons. The van der Waals surface area contributed by atoms with E-state index in [2.05, 4.69) is 0 Å². The van der Waals surface area contributed by atoms with Crippen LogP contribution in [-0.2, 0) is 29.5 Å². The van der Waals surface area contributed by atoms with Gasteiger partial charge in [-0.05, 0) is 0 Å². The van der Waals surface area contributed by atoms with Gasteiger partial charge in [-0.1, -0.05) is 0 Å². The first-order chi connectivity index (χ1) is 4.56. The van der Waals surface area contributed by atoms with Crippen molar-refractivity contribution >= 4 is 68.7 Å². The molecule has 0 aliphatic carbocycles. The third-order valence-corrected chi connectivity index (χ3v) is 0. The maximum atomic E-state index is 8.81. The number of hydrogen-bond acceptors (Lipinski definition) is 3. The molecule has 0 fully saturated rings. The summed E-state index contributed by atoms with van der Waals surface area (Å²) in [6.07, 6.45) is 0. The molecule has 0 saturated carbocycles. The maximum absolute atomic E-state index is 8.81. The van der Waals surface area contributed by atoms with Crippen LogP contribution >= 0.6 is 0 Å². The predicted octanol–water partition coefficient (Wildman–Crippen LogP) is -4.26. The molecule has 0 aromatic heterocycles. The Labute approximate surface area is 112 Å². The van der Waals surface area contributed by atoms with Gasteiger partial charge in [-0.3, -0.25) is 0 Å². The third kappa shape index (κ3) is 309. The molecule has 11 heavy (non-hydrogen) atoms. The first-order valence-corrected chi connectivity index (χ1v) is 5.65. The molecule has 0 aliphatic rings. The van der Waals surface area contributed by atoms with Crippen molar-refractivity contribution in [2.75, 3.05) is 0 Å². The van der Waals surface area contributed by atoms with Crippen molar-refractivity contribution in [2.45, 2.75) is 0 Å². The van der Waals surface area contributed by atoms with Crippen LogP contribution in [0.15, 0.2) is 0 Å². The first kappa shape index (κ1) is 23.1. The van der Waals surface area contributed by atoms with Gasteiger partial charge >= 0.3 is 114 Å². The van der Waals surface area contributed by atoms with Crippen molar-refractivity contribution < 1.29 is 45.2 Å². The molecule has 0 aromatic rings. The average Bonchev–Trinajstić information content (AvgIpc) is 1.65. The minimum atomic E-state index is -3.58. The van der Waals surface area contributed by atoms with Crippen molar-refractivity contribution in [3.63, 3.8) is 0 Å². The fourth-order valence-electron chi connectivity index (χ4n) is 0. The molecule has 0 atom stereocenters. The van der Waals surface area contributed by atoms with E-state index in [0.717, 1.165) is 0 Å². The van der Waals surface area contributed by atoms with E-state index in [1.165, 1.54) is 0 Å². The molecule has 11 heteroatoms. The molecule has 0 amide bonds. The summed E-state index contributed by atoms with van der Waals surface area (Å²) in [5.74, 6) is 0. The Balaban J connectivity index is -0.0000000325. The van der Waals surface area contributed by atoms with Crippen LogP contribution in [0.1, 0.15) is 0 Å². The van der Waals surface area contributed by atoms with E-state index in [-0.39, 0.29) is 37.7 Å². The summed E-state index contributed by atoms with van der Waals surface area (Å²) in [5, 5.41) is 0. The van der Waals surface area contributed by atoms with E-state index in [4.69, 9.17) is 26.6 Å². The summed E-state index contributed by atoms with van der Waals surface area (Å²) in [5.41, 5.74) is 0. The molecule has 60 valence electrons. The van der Waals surface area contributed by atoms with Gasteiger partial charge in [0.25, 0.3) is 0 Å². The van der Waals surface area contributed by atoms with E-state index in [1.54, 1.807) is 0 Å². The van der Waals surface area contributed by atoms with E-state index in [1.807, 2.05) is 0 Å². The second-order valence-electron chi connectivity index (χ2n) is 0.493. The molecule has 0 unspecified atom stereocenters. The van der Waals surface area contributed by atoms with Crippen LogP contribution < -0.4 is 0 Å². The number of hydrogen-bond donors (Lipinski definition) is 4. The summed E-state index contributed by atoms with van der Waals surface area (Å²) in [6.45, 7) is 0. The van der Waals surface area contributed by atoms with Gasteiger partial charge in [-0.2, -0.15) is 0 Å². The zero-order valence-electron chi connectivity index (χ0n) is 4.67. The minimum absolute atomic E-state index is 0. The van der Waals surface area contributed by atoms with Crippen LogP contribution in [0.5, 0.6) is 0 Å². The van der Waals surface area contributed by atoms with Gasteiger partial charge in [-0.25, -0.2) is 0 Å². The standard InChI is InChI=1S/2Al.Ca.4H2O.3O.Ti.2H/h;;;4*1H2;;;;;;/q2*+1;;;;;;;;;+2;;/p-4. The molecule has 0 aromatic carbocycles. The SMILES string of the molecule is [CaH2].[O]=[Al][OH].[O]=[Al][OH].[O]=[Ti]([OH])[OH]. The monoisotopic (exact) mass is 260 g/mol. The second kappa shape index (κ2) is 29.7. The predicted molar refractivity (Wildman–Crippen MR) is 31.0 cm³/mol. The van der Waals surface area contributed by atoms with Gasteiger partial charge < -0.3 is 0 Å². The van der Waals surface area contributed by atoms with Crippen LogP contribution in [-0.4, -0.2) is 84.4 Å². The van der Waals surface area contributed by atoms with Crippen molar-refractivity contribution in [3.8, 4) is 0 Å². The van der Waals surface area contributed by atoms with Crippen LogP contribution in [0.3, 0.4) is 0 Å². The molecule has 7 nitrogen and oxygen atoms in total. The van der Waals surface area contributed by atoms with E-state index in [0.29, 0.717) is 0 Å². The second-order valence-corrected chi connectivity index (χ2v) is 1.80. The van der Waals surface area contributed by atoms with Crippen molar-refractivity contribution in [2.24, 2.45) is 0 Å². The molecular weight excluding hydrogens is 254 g/mol. The van der Waals surface area contributed by atoms with Gasteiger partial charge in [0.05, 0.1) is 0 Å². The van der Waals surface area contributed by atoms with Gasteiger partial charge in [0.15, 0.2) is 0 Å². The van der Waals surface area contributed by atoms with E-state index in [9.17, 15) is 0 Å². The summed E-state index contributed by atoms with van der Waals surface area (Å²) in [6, 6.07) is 0. The fourth-order valence-corrected chi connectivity index (χ4v) is 0. The van der Waals surface area contributed by atoms with Crippen LogP contribution in [0.25, 0.3) is 0 Å². The number of rotatable bonds is 0. The summed E-state index contributed by atoms with van der Waals surface area (Å²) < 4.78 is 54.6. The summed E-state index contributed by atoms with van der Waals surface area (Å²) in [4.78, 5) is 0. The van der Waals surface area contributed by atoms with Crippen molar-refractivity contribution in [1.29, 1.82) is 0 Å². The molecule has 0 aliphatic heterocycles. The van der Waals surface area contributed by atoms with Crippen LogP contribution in [0.4, 0.5) is 0 Å². The van der Waals surface area contributed by atoms with E-state index < -0.39 is 49.6 Å². The van der Waals surface area contributed by atoms with Crippen molar-refractivity contribution in [1.82, 2.24) is 0 Å². The van der Waals surface area contributed by atoms with Crippen molar-refractivity contribution in [3.05, 3.63) is 0 Å². The van der Waals surface area contributed by atoms with Crippen LogP contribution in [0.2, 0.25) is 0 Å².